The molecule has 0 aliphatic carbocycles. The molecule has 0 heterocycles. The number of benzene rings is 2. The van der Waals surface area contributed by atoms with Gasteiger partial charge in [-0.25, -0.2) is 4.79 Å². The second kappa shape index (κ2) is 9.01. The van der Waals surface area contributed by atoms with Crippen LogP contribution in [0.4, 0.5) is 0 Å². The van der Waals surface area contributed by atoms with E-state index in [0.717, 1.165) is 5.56 Å². The van der Waals surface area contributed by atoms with Gasteiger partial charge in [-0.05, 0) is 54.8 Å². The van der Waals surface area contributed by atoms with E-state index >= 15 is 0 Å². The Bertz CT molecular complexity index is 887. The molecule has 8 heteroatoms. The van der Waals surface area contributed by atoms with E-state index in [1.807, 2.05) is 0 Å². The maximum atomic E-state index is 12.4. The van der Waals surface area contributed by atoms with Crippen molar-refractivity contribution in [3.05, 3.63) is 64.2 Å². The Morgan fingerprint density at radius 3 is 2.25 bits per heavy atom. The molecule has 0 aliphatic rings. The fraction of sp³-hybridized carbons (Fsp3) is 0.250. The molecule has 2 aromatic rings. The fourth-order valence-corrected chi connectivity index (χ4v) is 2.86. The van der Waals surface area contributed by atoms with Crippen LogP contribution < -0.4 is 16.4 Å². The summed E-state index contributed by atoms with van der Waals surface area (Å²) in [6.07, 6.45) is 0. The van der Waals surface area contributed by atoms with Crippen molar-refractivity contribution in [3.63, 3.8) is 0 Å². The van der Waals surface area contributed by atoms with Gasteiger partial charge < -0.3 is 26.6 Å². The molecule has 0 unspecified atom stereocenters. The summed E-state index contributed by atoms with van der Waals surface area (Å²) >= 11 is 0. The zero-order valence-corrected chi connectivity index (χ0v) is 15.7. The van der Waals surface area contributed by atoms with Crippen LogP contribution >= 0.6 is 0 Å². The van der Waals surface area contributed by atoms with E-state index in [1.54, 1.807) is 50.2 Å². The first-order chi connectivity index (χ1) is 13.2. The van der Waals surface area contributed by atoms with Crippen molar-refractivity contribution in [2.24, 2.45) is 5.73 Å². The van der Waals surface area contributed by atoms with Crippen LogP contribution in [0.1, 0.15) is 37.4 Å². The van der Waals surface area contributed by atoms with E-state index in [4.69, 9.17) is 10.8 Å². The number of nitrogens with two attached hydrogens (primary N) is 1. The van der Waals surface area contributed by atoms with Gasteiger partial charge in [0.1, 0.15) is 11.8 Å². The molecule has 6 N–H and O–H groups in total. The van der Waals surface area contributed by atoms with E-state index < -0.39 is 17.9 Å². The molecule has 0 spiro atoms. The minimum absolute atomic E-state index is 0.117. The summed E-state index contributed by atoms with van der Waals surface area (Å²) in [4.78, 5) is 35.9. The number of aliphatic carboxylic acids is 1. The second-order valence-electron chi connectivity index (χ2n) is 6.44. The van der Waals surface area contributed by atoms with Gasteiger partial charge in [0.15, 0.2) is 0 Å². The third-order valence-electron chi connectivity index (χ3n) is 4.22. The molecule has 0 bridgehead atoms. The fourth-order valence-electron chi connectivity index (χ4n) is 2.86. The third kappa shape index (κ3) is 5.08. The molecule has 0 radical (unpaired) electrons. The molecule has 8 nitrogen and oxygen atoms in total. The minimum atomic E-state index is -1.21. The van der Waals surface area contributed by atoms with Crippen molar-refractivity contribution in [1.29, 1.82) is 0 Å². The average Bonchev–Trinajstić information content (AvgIpc) is 2.63. The van der Waals surface area contributed by atoms with Crippen LogP contribution in [0.5, 0.6) is 5.75 Å². The summed E-state index contributed by atoms with van der Waals surface area (Å²) in [5.41, 5.74) is 7.89. The van der Waals surface area contributed by atoms with E-state index in [-0.39, 0.29) is 24.7 Å². The first kappa shape index (κ1) is 20.9. The number of aromatic hydroxyl groups is 1. The summed E-state index contributed by atoms with van der Waals surface area (Å²) in [6.45, 7) is 3.36. The zero-order valence-electron chi connectivity index (χ0n) is 15.7. The Morgan fingerprint density at radius 2 is 1.71 bits per heavy atom. The van der Waals surface area contributed by atoms with Gasteiger partial charge in [-0.3, -0.25) is 9.59 Å². The van der Waals surface area contributed by atoms with Crippen LogP contribution in [0.15, 0.2) is 36.4 Å². The van der Waals surface area contributed by atoms with Crippen molar-refractivity contribution in [1.82, 2.24) is 10.6 Å². The number of aryl methyl sites for hydroxylation is 2. The Balaban J connectivity index is 2.14. The van der Waals surface area contributed by atoms with Crippen LogP contribution in [0.3, 0.4) is 0 Å². The highest BCUT2D eigenvalue weighted by Crippen LogP contribution is 2.18. The number of hydrogen-bond acceptors (Lipinski definition) is 5. The molecule has 2 aromatic carbocycles. The van der Waals surface area contributed by atoms with Gasteiger partial charge in [0.05, 0.1) is 0 Å². The number of amides is 2. The van der Waals surface area contributed by atoms with Crippen molar-refractivity contribution >= 4 is 17.8 Å². The molecule has 2 rings (SSSR count). The van der Waals surface area contributed by atoms with Gasteiger partial charge >= 0.3 is 5.97 Å². The molecular formula is C20H23N3O5. The largest absolute Gasteiger partial charge is 0.508 e. The highest BCUT2D eigenvalue weighted by atomic mass is 16.4. The van der Waals surface area contributed by atoms with Gasteiger partial charge in [0, 0.05) is 24.2 Å². The SMILES string of the molecule is Cc1cc(C(=O)NCc2cccc(O)c2)cc(C)c1C(=O)N[C@@H](CN)C(=O)O. The minimum Gasteiger partial charge on any atom is -0.508 e. The van der Waals surface area contributed by atoms with Crippen LogP contribution in [0, 0.1) is 13.8 Å². The molecule has 2 amide bonds. The molecule has 1 atom stereocenters. The van der Waals surface area contributed by atoms with Crippen LogP contribution in [-0.2, 0) is 11.3 Å². The zero-order chi connectivity index (χ0) is 20.8. The molecule has 0 fully saturated rings. The van der Waals surface area contributed by atoms with Gasteiger partial charge in [-0.2, -0.15) is 0 Å². The van der Waals surface area contributed by atoms with Gasteiger partial charge in [0.2, 0.25) is 0 Å². The smallest absolute Gasteiger partial charge is 0.327 e. The highest BCUT2D eigenvalue weighted by Gasteiger charge is 2.22. The molecule has 0 saturated heterocycles. The molecule has 148 valence electrons. The number of hydrogen-bond donors (Lipinski definition) is 5. The van der Waals surface area contributed by atoms with Crippen molar-refractivity contribution in [2.45, 2.75) is 26.4 Å². The molecule has 0 saturated carbocycles. The van der Waals surface area contributed by atoms with Gasteiger partial charge in [-0.1, -0.05) is 12.1 Å². The lowest BCUT2D eigenvalue weighted by molar-refractivity contribution is -0.138. The van der Waals surface area contributed by atoms with Gasteiger partial charge in [-0.15, -0.1) is 0 Å². The number of carbonyl (C=O) groups is 3. The van der Waals surface area contributed by atoms with E-state index in [9.17, 15) is 19.5 Å². The molecule has 28 heavy (non-hydrogen) atoms. The number of carboxylic acids is 1. The topological polar surface area (TPSA) is 142 Å². The number of phenolic OH excluding ortho intramolecular Hbond substituents is 1. The first-order valence-electron chi connectivity index (χ1n) is 8.64. The molecular weight excluding hydrogens is 362 g/mol. The number of carboxylic acid groups (broad SMARTS) is 1. The van der Waals surface area contributed by atoms with Crippen LogP contribution in [-0.4, -0.2) is 40.6 Å². The van der Waals surface area contributed by atoms with Crippen molar-refractivity contribution < 1.29 is 24.6 Å². The summed E-state index contributed by atoms with van der Waals surface area (Å²) in [7, 11) is 0. The van der Waals surface area contributed by atoms with Gasteiger partial charge in [0.25, 0.3) is 11.8 Å². The number of phenols is 1. The Labute approximate surface area is 162 Å². The van der Waals surface area contributed by atoms with Crippen molar-refractivity contribution in [2.75, 3.05) is 6.54 Å². The van der Waals surface area contributed by atoms with E-state index in [0.29, 0.717) is 22.3 Å². The quantitative estimate of drug-likeness (QED) is 0.483. The standard InChI is InChI=1S/C20H23N3O5/c1-11-6-14(18(25)22-10-13-4-3-5-15(24)8-13)7-12(2)17(11)19(26)23-16(9-21)20(27)28/h3-8,16,24H,9-10,21H2,1-2H3,(H,22,25)(H,23,26)(H,27,28)/t16-/m0/s1. The lowest BCUT2D eigenvalue weighted by Crippen LogP contribution is -2.46. The van der Waals surface area contributed by atoms with E-state index in [2.05, 4.69) is 10.6 Å². The molecule has 0 aromatic heterocycles. The normalized spacial score (nSPS) is 11.5. The maximum absolute atomic E-state index is 12.4. The summed E-state index contributed by atoms with van der Waals surface area (Å²) in [6, 6.07) is 8.51. The predicted octanol–water partition coefficient (Wildman–Crippen LogP) is 1.08. The summed E-state index contributed by atoms with van der Waals surface area (Å²) in [5, 5.41) is 23.6. The molecule has 0 aliphatic heterocycles. The second-order valence-corrected chi connectivity index (χ2v) is 6.44. The highest BCUT2D eigenvalue weighted by molar-refractivity contribution is 6.01. The summed E-state index contributed by atoms with van der Waals surface area (Å²) < 4.78 is 0. The Kier molecular flexibility index (Phi) is 6.73. The average molecular weight is 385 g/mol. The Hall–Kier alpha value is -3.39. The van der Waals surface area contributed by atoms with Crippen molar-refractivity contribution in [3.8, 4) is 5.75 Å². The number of nitrogens with one attached hydrogen (secondary N) is 2. The maximum Gasteiger partial charge on any atom is 0.327 e. The lowest BCUT2D eigenvalue weighted by Gasteiger charge is -2.16. The monoisotopic (exact) mass is 385 g/mol. The lowest BCUT2D eigenvalue weighted by atomic mass is 9.98. The number of rotatable bonds is 7. The van der Waals surface area contributed by atoms with Crippen LogP contribution in [0.2, 0.25) is 0 Å². The first-order valence-corrected chi connectivity index (χ1v) is 8.64. The third-order valence-corrected chi connectivity index (χ3v) is 4.22. The van der Waals surface area contributed by atoms with E-state index in [1.165, 1.54) is 0 Å². The predicted molar refractivity (Wildman–Crippen MR) is 103 cm³/mol. The number of carbonyl (C=O) groups excluding carboxylic acids is 2. The Morgan fingerprint density at radius 1 is 1.07 bits per heavy atom. The van der Waals surface area contributed by atoms with Crippen LogP contribution in [0.25, 0.3) is 0 Å². The summed E-state index contributed by atoms with van der Waals surface area (Å²) in [5.74, 6) is -1.98.